The number of hydrogen-bond acceptors (Lipinski definition) is 3. The Balaban J connectivity index is 1.48. The number of carbonyl (C=O) groups excluding carboxylic acids is 2. The Morgan fingerprint density at radius 2 is 1.69 bits per heavy atom. The Kier molecular flexibility index (Phi) is 6.87. The normalized spacial score (nSPS) is 44.5. The standard InChI is InChI=1S/C29H48O3/c1-18(2)8-7-9-19(3)23-10-11-24-27-25(13-15-29(23,24)6)28(5)14-12-22(32-20(4)30)16-21(28)17-26(27)31/h18-19,21-25,27H,7-17H2,1-6H3/t19-,21-,22?,23-,24?,25?,27?,28+,29?/m1/s1. The van der Waals surface area contributed by atoms with Crippen molar-refractivity contribution >= 4 is 11.8 Å². The summed E-state index contributed by atoms with van der Waals surface area (Å²) in [4.78, 5) is 25.2. The molecule has 4 fully saturated rings. The molecule has 0 spiro atoms. The van der Waals surface area contributed by atoms with E-state index in [0.717, 1.165) is 43.4 Å². The third kappa shape index (κ3) is 4.20. The Hall–Kier alpha value is -0.860. The van der Waals surface area contributed by atoms with Gasteiger partial charge in [-0.3, -0.25) is 9.59 Å². The number of Topliss-reactive ketones (excluding diaryl/α,β-unsaturated/α-hetero) is 1. The van der Waals surface area contributed by atoms with E-state index in [-0.39, 0.29) is 23.4 Å². The highest BCUT2D eigenvalue weighted by atomic mass is 16.5. The first-order valence-electron chi connectivity index (χ1n) is 13.8. The largest absolute Gasteiger partial charge is 0.463 e. The van der Waals surface area contributed by atoms with E-state index in [2.05, 4.69) is 34.6 Å². The van der Waals surface area contributed by atoms with Crippen molar-refractivity contribution in [1.82, 2.24) is 0 Å². The minimum absolute atomic E-state index is 0.0198. The second-order valence-electron chi connectivity index (χ2n) is 13.1. The molecule has 0 radical (unpaired) electrons. The van der Waals surface area contributed by atoms with Crippen molar-refractivity contribution in [1.29, 1.82) is 0 Å². The fourth-order valence-corrected chi connectivity index (χ4v) is 9.26. The molecule has 0 bridgehead atoms. The van der Waals surface area contributed by atoms with Gasteiger partial charge in [-0.25, -0.2) is 0 Å². The van der Waals surface area contributed by atoms with Crippen molar-refractivity contribution in [2.24, 2.45) is 52.3 Å². The van der Waals surface area contributed by atoms with Gasteiger partial charge in [-0.05, 0) is 91.3 Å². The van der Waals surface area contributed by atoms with E-state index in [4.69, 9.17) is 4.74 Å². The van der Waals surface area contributed by atoms with Crippen LogP contribution >= 0.6 is 0 Å². The summed E-state index contributed by atoms with van der Waals surface area (Å²) < 4.78 is 5.58. The fourth-order valence-electron chi connectivity index (χ4n) is 9.26. The average molecular weight is 445 g/mol. The van der Waals surface area contributed by atoms with Gasteiger partial charge in [0.15, 0.2) is 0 Å². The molecule has 0 amide bonds. The van der Waals surface area contributed by atoms with Gasteiger partial charge in [-0.2, -0.15) is 0 Å². The summed E-state index contributed by atoms with van der Waals surface area (Å²) in [6.45, 7) is 13.7. The predicted octanol–water partition coefficient (Wildman–Crippen LogP) is 7.22. The summed E-state index contributed by atoms with van der Waals surface area (Å²) in [6.07, 6.45) is 12.9. The molecule has 4 aliphatic carbocycles. The Labute approximate surface area is 196 Å². The van der Waals surface area contributed by atoms with E-state index in [9.17, 15) is 9.59 Å². The highest BCUT2D eigenvalue weighted by Crippen LogP contribution is 2.67. The Morgan fingerprint density at radius 3 is 2.38 bits per heavy atom. The van der Waals surface area contributed by atoms with Crippen LogP contribution in [0, 0.1) is 52.3 Å². The van der Waals surface area contributed by atoms with Crippen molar-refractivity contribution < 1.29 is 14.3 Å². The monoisotopic (exact) mass is 444 g/mol. The van der Waals surface area contributed by atoms with Crippen LogP contribution in [0.4, 0.5) is 0 Å². The van der Waals surface area contributed by atoms with Crippen LogP contribution in [0.2, 0.25) is 0 Å². The van der Waals surface area contributed by atoms with E-state index in [1.165, 1.54) is 51.9 Å². The van der Waals surface area contributed by atoms with Crippen LogP contribution < -0.4 is 0 Å². The van der Waals surface area contributed by atoms with E-state index in [1.54, 1.807) is 0 Å². The number of hydrogen-bond donors (Lipinski definition) is 0. The zero-order valence-corrected chi connectivity index (χ0v) is 21.6. The quantitative estimate of drug-likeness (QED) is 0.406. The molecule has 0 aromatic carbocycles. The van der Waals surface area contributed by atoms with E-state index < -0.39 is 0 Å². The first-order chi connectivity index (χ1) is 15.1. The molecule has 3 heteroatoms. The van der Waals surface area contributed by atoms with Crippen LogP contribution in [0.15, 0.2) is 0 Å². The molecule has 9 atom stereocenters. The van der Waals surface area contributed by atoms with Crippen molar-refractivity contribution in [3.63, 3.8) is 0 Å². The van der Waals surface area contributed by atoms with Gasteiger partial charge in [-0.15, -0.1) is 0 Å². The lowest BCUT2D eigenvalue weighted by Crippen LogP contribution is -2.57. The lowest BCUT2D eigenvalue weighted by atomic mass is 9.44. The minimum Gasteiger partial charge on any atom is -0.463 e. The number of fused-ring (bicyclic) bond motifs is 5. The van der Waals surface area contributed by atoms with Crippen LogP contribution in [-0.4, -0.2) is 17.9 Å². The number of ketones is 1. The summed E-state index contributed by atoms with van der Waals surface area (Å²) in [5.41, 5.74) is 0.601. The summed E-state index contributed by atoms with van der Waals surface area (Å²) in [6, 6.07) is 0. The van der Waals surface area contributed by atoms with Crippen LogP contribution in [0.25, 0.3) is 0 Å². The van der Waals surface area contributed by atoms with Crippen molar-refractivity contribution in [2.75, 3.05) is 0 Å². The maximum Gasteiger partial charge on any atom is 0.302 e. The van der Waals surface area contributed by atoms with Gasteiger partial charge in [0, 0.05) is 19.3 Å². The smallest absolute Gasteiger partial charge is 0.302 e. The third-order valence-corrected chi connectivity index (χ3v) is 11.0. The third-order valence-electron chi connectivity index (χ3n) is 11.0. The van der Waals surface area contributed by atoms with E-state index in [1.807, 2.05) is 0 Å². The average Bonchev–Trinajstić information content (AvgIpc) is 3.05. The van der Waals surface area contributed by atoms with Crippen LogP contribution in [0.3, 0.4) is 0 Å². The van der Waals surface area contributed by atoms with Gasteiger partial charge < -0.3 is 4.74 Å². The first-order valence-corrected chi connectivity index (χ1v) is 13.8. The van der Waals surface area contributed by atoms with E-state index >= 15 is 0 Å². The summed E-state index contributed by atoms with van der Waals surface area (Å²) in [7, 11) is 0. The highest BCUT2D eigenvalue weighted by Gasteiger charge is 2.63. The second kappa shape index (κ2) is 9.06. The lowest BCUT2D eigenvalue weighted by Gasteiger charge is -2.60. The summed E-state index contributed by atoms with van der Waals surface area (Å²) >= 11 is 0. The maximum atomic E-state index is 13.7. The zero-order valence-electron chi connectivity index (χ0n) is 21.6. The summed E-state index contributed by atoms with van der Waals surface area (Å²) in [5.74, 6) is 4.56. The molecule has 5 unspecified atom stereocenters. The SMILES string of the molecule is CC(=O)OC1CC[C@]2(C)C3CCC4(C)C(CC[C@@H]4[C@H](C)CCCC(C)C)C3C(=O)C[C@H]2C1. The Bertz CT molecular complexity index is 713. The molecule has 0 heterocycles. The van der Waals surface area contributed by atoms with Crippen molar-refractivity contribution in [2.45, 2.75) is 118 Å². The van der Waals surface area contributed by atoms with Gasteiger partial charge in [0.1, 0.15) is 11.9 Å². The highest BCUT2D eigenvalue weighted by molar-refractivity contribution is 5.83. The molecule has 0 aliphatic heterocycles. The maximum absolute atomic E-state index is 13.7. The number of esters is 1. The number of carbonyl (C=O) groups is 2. The van der Waals surface area contributed by atoms with Gasteiger partial charge >= 0.3 is 5.97 Å². The molecule has 3 nitrogen and oxygen atoms in total. The topological polar surface area (TPSA) is 43.4 Å². The van der Waals surface area contributed by atoms with E-state index in [0.29, 0.717) is 29.0 Å². The van der Waals surface area contributed by atoms with Crippen molar-refractivity contribution in [3.8, 4) is 0 Å². The molecule has 0 N–H and O–H groups in total. The lowest BCUT2D eigenvalue weighted by molar-refractivity contribution is -0.168. The van der Waals surface area contributed by atoms with Crippen LogP contribution in [0.5, 0.6) is 0 Å². The predicted molar refractivity (Wildman–Crippen MR) is 129 cm³/mol. The number of ether oxygens (including phenoxy) is 1. The van der Waals surface area contributed by atoms with Crippen molar-refractivity contribution in [3.05, 3.63) is 0 Å². The van der Waals surface area contributed by atoms with Crippen LogP contribution in [-0.2, 0) is 14.3 Å². The molecule has 0 aromatic heterocycles. The molecule has 32 heavy (non-hydrogen) atoms. The minimum atomic E-state index is -0.174. The summed E-state index contributed by atoms with van der Waals surface area (Å²) in [5, 5.41) is 0. The first kappa shape index (κ1) is 24.3. The molecule has 0 saturated heterocycles. The molecule has 0 aromatic rings. The Morgan fingerprint density at radius 1 is 1.00 bits per heavy atom. The van der Waals surface area contributed by atoms with Gasteiger partial charge in [0.2, 0.25) is 0 Å². The molecular weight excluding hydrogens is 396 g/mol. The molecule has 4 aliphatic rings. The number of rotatable bonds is 6. The van der Waals surface area contributed by atoms with Gasteiger partial charge in [0.25, 0.3) is 0 Å². The molecule has 4 rings (SSSR count). The molecule has 4 saturated carbocycles. The fraction of sp³-hybridized carbons (Fsp3) is 0.931. The molecule has 182 valence electrons. The van der Waals surface area contributed by atoms with Crippen LogP contribution in [0.1, 0.15) is 112 Å². The second-order valence-corrected chi connectivity index (χ2v) is 13.1. The molecular formula is C29H48O3. The zero-order chi connectivity index (χ0) is 23.3. The van der Waals surface area contributed by atoms with Gasteiger partial charge in [-0.1, -0.05) is 53.9 Å². The van der Waals surface area contributed by atoms with Gasteiger partial charge in [0.05, 0.1) is 0 Å².